The van der Waals surface area contributed by atoms with Gasteiger partial charge in [-0.2, -0.15) is 0 Å². The molecule has 0 unspecified atom stereocenters. The van der Waals surface area contributed by atoms with E-state index in [9.17, 15) is 4.79 Å². The zero-order chi connectivity index (χ0) is 16.8. The topological polar surface area (TPSA) is 50.4 Å². The Kier molecular flexibility index (Phi) is 5.96. The van der Waals surface area contributed by atoms with Crippen molar-refractivity contribution in [3.63, 3.8) is 0 Å². The second-order valence-corrected chi connectivity index (χ2v) is 5.91. The number of benzene rings is 2. The molecular weight excluding hydrogens is 332 g/mol. The fourth-order valence-electron chi connectivity index (χ4n) is 1.90. The zero-order valence-electron chi connectivity index (χ0n) is 12.9. The lowest BCUT2D eigenvalue weighted by Crippen LogP contribution is -2.37. The van der Waals surface area contributed by atoms with Crippen LogP contribution in [0, 0.1) is 13.8 Å². The molecule has 0 radical (unpaired) electrons. The van der Waals surface area contributed by atoms with Gasteiger partial charge in [-0.05, 0) is 61.5 Å². The Bertz CT molecular complexity index is 734. The molecule has 0 aliphatic rings. The first-order chi connectivity index (χ1) is 10.9. The zero-order valence-corrected chi connectivity index (χ0v) is 14.4. The number of carbonyl (C=O) groups is 1. The van der Waals surface area contributed by atoms with Gasteiger partial charge in [-0.3, -0.25) is 10.1 Å². The van der Waals surface area contributed by atoms with Crippen molar-refractivity contribution >= 4 is 40.5 Å². The van der Waals surface area contributed by atoms with Crippen molar-refractivity contribution in [1.82, 2.24) is 5.32 Å². The second-order valence-electron chi connectivity index (χ2n) is 5.07. The van der Waals surface area contributed by atoms with E-state index in [1.54, 1.807) is 24.3 Å². The van der Waals surface area contributed by atoms with Crippen molar-refractivity contribution in [2.24, 2.45) is 0 Å². The lowest BCUT2D eigenvalue weighted by Gasteiger charge is -2.12. The Balaban J connectivity index is 1.84. The van der Waals surface area contributed by atoms with Crippen LogP contribution in [-0.4, -0.2) is 17.6 Å². The number of hydrogen-bond acceptors (Lipinski definition) is 3. The van der Waals surface area contributed by atoms with E-state index in [4.69, 9.17) is 28.6 Å². The number of anilines is 1. The minimum Gasteiger partial charge on any atom is -0.483 e. The Hall–Kier alpha value is -2.11. The van der Waals surface area contributed by atoms with Crippen LogP contribution < -0.4 is 15.4 Å². The average molecular weight is 349 g/mol. The van der Waals surface area contributed by atoms with E-state index in [0.29, 0.717) is 16.5 Å². The first-order valence-corrected chi connectivity index (χ1v) is 7.79. The SMILES string of the molecule is Cc1ccc(C)c(OCC(=O)NC(=S)Nc2cccc(Cl)c2)c1. The Labute approximate surface area is 145 Å². The van der Waals surface area contributed by atoms with Crippen LogP contribution in [0.4, 0.5) is 5.69 Å². The molecule has 2 N–H and O–H groups in total. The fraction of sp³-hybridized carbons (Fsp3) is 0.176. The van der Waals surface area contributed by atoms with E-state index >= 15 is 0 Å². The van der Waals surface area contributed by atoms with E-state index in [1.807, 2.05) is 32.0 Å². The highest BCUT2D eigenvalue weighted by Gasteiger charge is 2.08. The highest BCUT2D eigenvalue weighted by molar-refractivity contribution is 7.80. The maximum absolute atomic E-state index is 11.9. The molecule has 6 heteroatoms. The van der Waals surface area contributed by atoms with E-state index in [1.165, 1.54) is 0 Å². The van der Waals surface area contributed by atoms with E-state index in [2.05, 4.69) is 10.6 Å². The van der Waals surface area contributed by atoms with Crippen LogP contribution in [0.15, 0.2) is 42.5 Å². The molecule has 23 heavy (non-hydrogen) atoms. The van der Waals surface area contributed by atoms with Crippen LogP contribution in [0.1, 0.15) is 11.1 Å². The molecule has 0 atom stereocenters. The molecule has 1 amide bonds. The summed E-state index contributed by atoms with van der Waals surface area (Å²) in [6.07, 6.45) is 0. The highest BCUT2D eigenvalue weighted by Crippen LogP contribution is 2.19. The van der Waals surface area contributed by atoms with Crippen molar-refractivity contribution in [3.05, 3.63) is 58.6 Å². The van der Waals surface area contributed by atoms with Crippen molar-refractivity contribution in [1.29, 1.82) is 0 Å². The molecule has 0 aliphatic heterocycles. The number of halogens is 1. The standard InChI is InChI=1S/C17H17ClN2O2S/c1-11-6-7-12(2)15(8-11)22-10-16(21)20-17(23)19-14-5-3-4-13(18)9-14/h3-9H,10H2,1-2H3,(H2,19,20,21,23). The number of aryl methyl sites for hydroxylation is 2. The predicted octanol–water partition coefficient (Wildman–Crippen LogP) is 3.85. The maximum Gasteiger partial charge on any atom is 0.264 e. The minimum absolute atomic E-state index is 0.109. The van der Waals surface area contributed by atoms with E-state index in [-0.39, 0.29) is 17.6 Å². The highest BCUT2D eigenvalue weighted by atomic mass is 35.5. The molecule has 120 valence electrons. The number of hydrogen-bond donors (Lipinski definition) is 2. The number of rotatable bonds is 4. The van der Waals surface area contributed by atoms with Crippen LogP contribution >= 0.6 is 23.8 Å². The number of ether oxygens (including phenoxy) is 1. The summed E-state index contributed by atoms with van der Waals surface area (Å²) in [5.74, 6) is 0.360. The summed E-state index contributed by atoms with van der Waals surface area (Å²) >= 11 is 11.0. The number of carbonyl (C=O) groups excluding carboxylic acids is 1. The van der Waals surface area contributed by atoms with Crippen molar-refractivity contribution in [2.75, 3.05) is 11.9 Å². The number of thiocarbonyl (C=S) groups is 1. The second kappa shape index (κ2) is 7.94. The van der Waals surface area contributed by atoms with Gasteiger partial charge in [0, 0.05) is 10.7 Å². The first kappa shape index (κ1) is 17.2. The largest absolute Gasteiger partial charge is 0.483 e. The number of amides is 1. The van der Waals surface area contributed by atoms with Gasteiger partial charge in [0.2, 0.25) is 0 Å². The third kappa shape index (κ3) is 5.54. The van der Waals surface area contributed by atoms with E-state index < -0.39 is 0 Å². The molecular formula is C17H17ClN2O2S. The van der Waals surface area contributed by atoms with Crippen molar-refractivity contribution < 1.29 is 9.53 Å². The molecule has 2 aromatic carbocycles. The molecule has 0 fully saturated rings. The third-order valence-electron chi connectivity index (χ3n) is 3.04. The van der Waals surface area contributed by atoms with Gasteiger partial charge in [-0.25, -0.2) is 0 Å². The summed E-state index contributed by atoms with van der Waals surface area (Å²) in [5, 5.41) is 6.24. The van der Waals surface area contributed by atoms with Gasteiger partial charge in [0.05, 0.1) is 0 Å². The van der Waals surface area contributed by atoms with Crippen molar-refractivity contribution in [3.8, 4) is 5.75 Å². The summed E-state index contributed by atoms with van der Waals surface area (Å²) < 4.78 is 5.53. The van der Waals surface area contributed by atoms with Crippen LogP contribution in [0.25, 0.3) is 0 Å². The molecule has 0 saturated heterocycles. The molecule has 0 saturated carbocycles. The molecule has 0 heterocycles. The fourth-order valence-corrected chi connectivity index (χ4v) is 2.32. The molecule has 0 spiro atoms. The van der Waals surface area contributed by atoms with Gasteiger partial charge in [-0.15, -0.1) is 0 Å². The van der Waals surface area contributed by atoms with Gasteiger partial charge >= 0.3 is 0 Å². The summed E-state index contributed by atoms with van der Waals surface area (Å²) in [4.78, 5) is 11.9. The molecule has 0 aromatic heterocycles. The van der Waals surface area contributed by atoms with Crippen LogP contribution in [-0.2, 0) is 4.79 Å². The van der Waals surface area contributed by atoms with Gasteiger partial charge in [-0.1, -0.05) is 29.8 Å². The quantitative estimate of drug-likeness (QED) is 0.824. The summed E-state index contributed by atoms with van der Waals surface area (Å²) in [6, 6.07) is 12.9. The summed E-state index contributed by atoms with van der Waals surface area (Å²) in [5.41, 5.74) is 2.76. The monoisotopic (exact) mass is 348 g/mol. The Morgan fingerprint density at radius 3 is 2.74 bits per heavy atom. The van der Waals surface area contributed by atoms with E-state index in [0.717, 1.165) is 11.1 Å². The molecule has 2 aromatic rings. The average Bonchev–Trinajstić information content (AvgIpc) is 2.48. The summed E-state index contributed by atoms with van der Waals surface area (Å²) in [6.45, 7) is 3.79. The van der Waals surface area contributed by atoms with Crippen molar-refractivity contribution in [2.45, 2.75) is 13.8 Å². The molecule has 2 rings (SSSR count). The normalized spacial score (nSPS) is 10.0. The van der Waals surface area contributed by atoms with Crippen LogP contribution in [0.5, 0.6) is 5.75 Å². The van der Waals surface area contributed by atoms with Gasteiger partial charge in [0.1, 0.15) is 5.75 Å². The summed E-state index contributed by atoms with van der Waals surface area (Å²) in [7, 11) is 0. The molecule has 0 bridgehead atoms. The van der Waals surface area contributed by atoms with Crippen LogP contribution in [0.2, 0.25) is 5.02 Å². The Morgan fingerprint density at radius 1 is 1.22 bits per heavy atom. The smallest absolute Gasteiger partial charge is 0.264 e. The number of nitrogens with one attached hydrogen (secondary N) is 2. The minimum atomic E-state index is -0.328. The van der Waals surface area contributed by atoms with Gasteiger partial charge in [0.25, 0.3) is 5.91 Å². The lowest BCUT2D eigenvalue weighted by molar-refractivity contribution is -0.121. The predicted molar refractivity (Wildman–Crippen MR) is 97.2 cm³/mol. The Morgan fingerprint density at radius 2 is 2.00 bits per heavy atom. The molecule has 0 aliphatic carbocycles. The lowest BCUT2D eigenvalue weighted by atomic mass is 10.1. The third-order valence-corrected chi connectivity index (χ3v) is 3.48. The maximum atomic E-state index is 11.9. The van der Waals surface area contributed by atoms with Crippen LogP contribution in [0.3, 0.4) is 0 Å². The van der Waals surface area contributed by atoms with Gasteiger partial charge < -0.3 is 10.1 Å². The van der Waals surface area contributed by atoms with Gasteiger partial charge in [0.15, 0.2) is 11.7 Å². The first-order valence-electron chi connectivity index (χ1n) is 7.00. The molecule has 4 nitrogen and oxygen atoms in total.